The Balaban J connectivity index is 2.50. The van der Waals surface area contributed by atoms with Crippen LogP contribution in [0.2, 0.25) is 0 Å². The number of likely N-dealkylation sites (N-methyl/N-ethyl adjacent to an activating group) is 2. The number of rotatable bonds is 8. The van der Waals surface area contributed by atoms with E-state index in [1.54, 1.807) is 6.33 Å². The second-order valence-electron chi connectivity index (χ2n) is 4.90. The zero-order valence-electron chi connectivity index (χ0n) is 11.9. The summed E-state index contributed by atoms with van der Waals surface area (Å²) in [4.78, 5) is 10.6. The normalized spacial score (nSPS) is 10.7. The van der Waals surface area contributed by atoms with Gasteiger partial charge in [-0.15, -0.1) is 0 Å². The molecule has 0 aliphatic rings. The lowest BCUT2D eigenvalue weighted by atomic mass is 10.1. The molecular formula is C13H25N5. The van der Waals surface area contributed by atoms with E-state index in [2.05, 4.69) is 39.3 Å². The SMILES string of the molecule is CNCCN(C)c1cc(NCCC(C)C)ncn1. The minimum atomic E-state index is 0.706. The number of aromatic nitrogens is 2. The Morgan fingerprint density at radius 2 is 2.06 bits per heavy atom. The lowest BCUT2D eigenvalue weighted by molar-refractivity contribution is 0.606. The molecule has 0 atom stereocenters. The van der Waals surface area contributed by atoms with Crippen LogP contribution in [-0.2, 0) is 0 Å². The van der Waals surface area contributed by atoms with Gasteiger partial charge < -0.3 is 15.5 Å². The van der Waals surface area contributed by atoms with E-state index < -0.39 is 0 Å². The van der Waals surface area contributed by atoms with E-state index in [0.717, 1.165) is 37.7 Å². The molecule has 1 aromatic heterocycles. The molecule has 0 radical (unpaired) electrons. The highest BCUT2D eigenvalue weighted by Gasteiger charge is 2.03. The summed E-state index contributed by atoms with van der Waals surface area (Å²) in [5.74, 6) is 2.56. The van der Waals surface area contributed by atoms with Crippen molar-refractivity contribution < 1.29 is 0 Å². The second kappa shape index (κ2) is 7.87. The van der Waals surface area contributed by atoms with E-state index >= 15 is 0 Å². The highest BCUT2D eigenvalue weighted by atomic mass is 15.2. The zero-order chi connectivity index (χ0) is 13.4. The number of hydrogen-bond donors (Lipinski definition) is 2. The molecule has 0 aliphatic heterocycles. The van der Waals surface area contributed by atoms with E-state index in [1.807, 2.05) is 20.2 Å². The molecule has 0 fully saturated rings. The van der Waals surface area contributed by atoms with Gasteiger partial charge in [-0.1, -0.05) is 13.8 Å². The predicted molar refractivity (Wildman–Crippen MR) is 77.2 cm³/mol. The van der Waals surface area contributed by atoms with Crippen molar-refractivity contribution in [1.82, 2.24) is 15.3 Å². The van der Waals surface area contributed by atoms with Crippen LogP contribution in [0.25, 0.3) is 0 Å². The highest BCUT2D eigenvalue weighted by Crippen LogP contribution is 2.12. The molecule has 0 spiro atoms. The molecule has 5 heteroatoms. The Bertz CT molecular complexity index is 340. The monoisotopic (exact) mass is 251 g/mol. The summed E-state index contributed by atoms with van der Waals surface area (Å²) in [6.07, 6.45) is 2.76. The molecule has 0 saturated heterocycles. The standard InChI is InChI=1S/C13H25N5/c1-11(2)5-6-15-12-9-13(17-10-16-12)18(4)8-7-14-3/h9-11,14H,5-8H2,1-4H3,(H,15,16,17). The summed E-state index contributed by atoms with van der Waals surface area (Å²) >= 11 is 0. The highest BCUT2D eigenvalue weighted by molar-refractivity contribution is 5.47. The third-order valence-corrected chi connectivity index (χ3v) is 2.77. The van der Waals surface area contributed by atoms with Crippen molar-refractivity contribution in [3.63, 3.8) is 0 Å². The first-order valence-electron chi connectivity index (χ1n) is 6.55. The number of nitrogens with zero attached hydrogens (tertiary/aromatic N) is 3. The minimum absolute atomic E-state index is 0.706. The van der Waals surface area contributed by atoms with E-state index in [4.69, 9.17) is 0 Å². The largest absolute Gasteiger partial charge is 0.370 e. The van der Waals surface area contributed by atoms with Gasteiger partial charge in [0.1, 0.15) is 18.0 Å². The molecule has 0 bridgehead atoms. The number of hydrogen-bond acceptors (Lipinski definition) is 5. The van der Waals surface area contributed by atoms with Gasteiger partial charge >= 0.3 is 0 Å². The van der Waals surface area contributed by atoms with Crippen LogP contribution in [-0.4, -0.2) is 43.7 Å². The summed E-state index contributed by atoms with van der Waals surface area (Å²) in [6, 6.07) is 2.00. The summed E-state index contributed by atoms with van der Waals surface area (Å²) in [6.45, 7) is 7.27. The Morgan fingerprint density at radius 3 is 2.72 bits per heavy atom. The van der Waals surface area contributed by atoms with Gasteiger partial charge in [0.15, 0.2) is 0 Å². The van der Waals surface area contributed by atoms with Crippen molar-refractivity contribution in [3.05, 3.63) is 12.4 Å². The molecule has 2 N–H and O–H groups in total. The van der Waals surface area contributed by atoms with E-state index in [0.29, 0.717) is 5.92 Å². The summed E-state index contributed by atoms with van der Waals surface area (Å²) in [5, 5.41) is 6.46. The molecular weight excluding hydrogens is 226 g/mol. The van der Waals surface area contributed by atoms with Crippen molar-refractivity contribution in [2.45, 2.75) is 20.3 Å². The van der Waals surface area contributed by atoms with Crippen LogP contribution in [0.1, 0.15) is 20.3 Å². The van der Waals surface area contributed by atoms with Gasteiger partial charge in [0, 0.05) is 32.7 Å². The van der Waals surface area contributed by atoms with Crippen LogP contribution in [0.4, 0.5) is 11.6 Å². The fourth-order valence-electron chi connectivity index (χ4n) is 1.54. The average molecular weight is 251 g/mol. The fraction of sp³-hybridized carbons (Fsp3) is 0.692. The maximum Gasteiger partial charge on any atom is 0.133 e. The number of anilines is 2. The fourth-order valence-corrected chi connectivity index (χ4v) is 1.54. The van der Waals surface area contributed by atoms with E-state index in [-0.39, 0.29) is 0 Å². The Labute approximate surface area is 110 Å². The predicted octanol–water partition coefficient (Wildman–Crippen LogP) is 1.59. The molecule has 18 heavy (non-hydrogen) atoms. The molecule has 0 saturated carbocycles. The first kappa shape index (κ1) is 14.7. The molecule has 0 aliphatic carbocycles. The van der Waals surface area contributed by atoms with Crippen molar-refractivity contribution in [2.24, 2.45) is 5.92 Å². The number of nitrogens with one attached hydrogen (secondary N) is 2. The molecule has 0 aromatic carbocycles. The smallest absolute Gasteiger partial charge is 0.133 e. The third-order valence-electron chi connectivity index (χ3n) is 2.77. The van der Waals surface area contributed by atoms with Gasteiger partial charge in [-0.05, 0) is 19.4 Å². The first-order chi connectivity index (χ1) is 8.63. The molecule has 0 amide bonds. The van der Waals surface area contributed by atoms with E-state index in [1.165, 1.54) is 0 Å². The van der Waals surface area contributed by atoms with Crippen LogP contribution >= 0.6 is 0 Å². The van der Waals surface area contributed by atoms with Crippen molar-refractivity contribution in [1.29, 1.82) is 0 Å². The van der Waals surface area contributed by atoms with Crippen LogP contribution in [0.5, 0.6) is 0 Å². The summed E-state index contributed by atoms with van der Waals surface area (Å²) < 4.78 is 0. The van der Waals surface area contributed by atoms with Gasteiger partial charge in [-0.3, -0.25) is 0 Å². The Morgan fingerprint density at radius 1 is 1.28 bits per heavy atom. The topological polar surface area (TPSA) is 53.1 Å². The van der Waals surface area contributed by atoms with Gasteiger partial charge in [0.2, 0.25) is 0 Å². The van der Waals surface area contributed by atoms with Crippen molar-refractivity contribution in [3.8, 4) is 0 Å². The molecule has 1 heterocycles. The molecule has 1 aromatic rings. The average Bonchev–Trinajstić information content (AvgIpc) is 2.36. The summed E-state index contributed by atoms with van der Waals surface area (Å²) in [5.41, 5.74) is 0. The van der Waals surface area contributed by atoms with Gasteiger partial charge in [-0.25, -0.2) is 9.97 Å². The molecule has 1 rings (SSSR count). The van der Waals surface area contributed by atoms with Crippen LogP contribution in [0, 0.1) is 5.92 Å². The maximum atomic E-state index is 4.28. The molecule has 102 valence electrons. The van der Waals surface area contributed by atoms with Gasteiger partial charge in [0.25, 0.3) is 0 Å². The van der Waals surface area contributed by atoms with Crippen LogP contribution in [0.3, 0.4) is 0 Å². The quantitative estimate of drug-likeness (QED) is 0.735. The lowest BCUT2D eigenvalue weighted by Crippen LogP contribution is -2.27. The molecule has 5 nitrogen and oxygen atoms in total. The third kappa shape index (κ3) is 5.31. The maximum absolute atomic E-state index is 4.28. The Hall–Kier alpha value is -1.36. The minimum Gasteiger partial charge on any atom is -0.370 e. The van der Waals surface area contributed by atoms with Crippen molar-refractivity contribution >= 4 is 11.6 Å². The van der Waals surface area contributed by atoms with Gasteiger partial charge in [-0.2, -0.15) is 0 Å². The van der Waals surface area contributed by atoms with Crippen molar-refractivity contribution in [2.75, 3.05) is 43.9 Å². The second-order valence-corrected chi connectivity index (χ2v) is 4.90. The van der Waals surface area contributed by atoms with E-state index in [9.17, 15) is 0 Å². The summed E-state index contributed by atoms with van der Waals surface area (Å²) in [7, 11) is 3.99. The Kier molecular flexibility index (Phi) is 6.43. The van der Waals surface area contributed by atoms with Gasteiger partial charge in [0.05, 0.1) is 0 Å². The van der Waals surface area contributed by atoms with Crippen LogP contribution in [0.15, 0.2) is 12.4 Å². The lowest BCUT2D eigenvalue weighted by Gasteiger charge is -2.18. The first-order valence-corrected chi connectivity index (χ1v) is 6.55. The van der Waals surface area contributed by atoms with Crippen LogP contribution < -0.4 is 15.5 Å². The zero-order valence-corrected chi connectivity index (χ0v) is 11.9. The molecule has 0 unspecified atom stereocenters.